The van der Waals surface area contributed by atoms with E-state index in [1.807, 2.05) is 13.8 Å². The van der Waals surface area contributed by atoms with Crippen LogP contribution in [0.25, 0.3) is 0 Å². The smallest absolute Gasteiger partial charge is 0.242 e. The van der Waals surface area contributed by atoms with Crippen molar-refractivity contribution in [3.8, 4) is 5.75 Å². The number of ether oxygens (including phenoxy) is 1. The van der Waals surface area contributed by atoms with Crippen molar-refractivity contribution in [2.75, 3.05) is 6.61 Å². The minimum Gasteiger partial charge on any atom is -0.492 e. The van der Waals surface area contributed by atoms with Gasteiger partial charge in [-0.15, -0.1) is 0 Å². The molecule has 0 heterocycles. The van der Waals surface area contributed by atoms with Gasteiger partial charge in [0.1, 0.15) is 12.4 Å². The molecule has 4 heteroatoms. The van der Waals surface area contributed by atoms with Crippen LogP contribution in [0.3, 0.4) is 0 Å². The molecule has 0 fully saturated rings. The minimum atomic E-state index is -0.674. The monoisotopic (exact) mass is 292 g/mol. The quantitative estimate of drug-likeness (QED) is 0.480. The zero-order chi connectivity index (χ0) is 16.2. The highest BCUT2D eigenvalue weighted by molar-refractivity contribution is 5.81. The molecule has 21 heavy (non-hydrogen) atoms. The Hall–Kier alpha value is -1.55. The second-order valence-corrected chi connectivity index (χ2v) is 6.72. The molecule has 0 spiro atoms. The topological polar surface area (TPSA) is 64.3 Å². The van der Waals surface area contributed by atoms with Crippen molar-refractivity contribution in [2.45, 2.75) is 53.4 Å². The summed E-state index contributed by atoms with van der Waals surface area (Å²) in [7, 11) is 0. The highest BCUT2D eigenvalue weighted by atomic mass is 16.5. The number of hydrogen-bond donors (Lipinski definition) is 2. The van der Waals surface area contributed by atoms with E-state index in [4.69, 9.17) is 10.6 Å². The van der Waals surface area contributed by atoms with Gasteiger partial charge in [0.25, 0.3) is 0 Å². The second-order valence-electron chi connectivity index (χ2n) is 6.72. The minimum absolute atomic E-state index is 0.226. The first-order valence-electron chi connectivity index (χ1n) is 7.47. The molecule has 1 aromatic carbocycles. The maximum Gasteiger partial charge on any atom is 0.242 e. The molecule has 0 aliphatic heterocycles. The highest BCUT2D eigenvalue weighted by Crippen LogP contribution is 2.35. The predicted molar refractivity (Wildman–Crippen MR) is 86.2 cm³/mol. The summed E-state index contributed by atoms with van der Waals surface area (Å²) in [5, 5.41) is 0. The summed E-state index contributed by atoms with van der Waals surface area (Å²) in [6.45, 7) is 12.5. The van der Waals surface area contributed by atoms with E-state index in [2.05, 4.69) is 51.3 Å². The largest absolute Gasteiger partial charge is 0.492 e. The molecule has 0 atom stereocenters. The molecule has 0 saturated heterocycles. The Balaban J connectivity index is 3.09. The van der Waals surface area contributed by atoms with Gasteiger partial charge in [0.2, 0.25) is 5.91 Å². The lowest BCUT2D eigenvalue weighted by Gasteiger charge is -2.26. The first kappa shape index (κ1) is 17.5. The third kappa shape index (κ3) is 4.21. The number of carbonyl (C=O) groups is 1. The lowest BCUT2D eigenvalue weighted by Crippen LogP contribution is -2.44. The summed E-state index contributed by atoms with van der Waals surface area (Å²) in [4.78, 5) is 11.8. The Kier molecular flexibility index (Phi) is 5.78. The number of para-hydroxylation sites is 1. The molecule has 1 rings (SSSR count). The third-order valence-corrected chi connectivity index (χ3v) is 3.64. The molecule has 0 aliphatic rings. The van der Waals surface area contributed by atoms with Crippen LogP contribution in [0.2, 0.25) is 0 Å². The van der Waals surface area contributed by atoms with E-state index in [1.54, 1.807) is 0 Å². The molecule has 1 amide bonds. The van der Waals surface area contributed by atoms with Gasteiger partial charge in [0.15, 0.2) is 0 Å². The number of rotatable bonds is 6. The summed E-state index contributed by atoms with van der Waals surface area (Å²) in [5.41, 5.74) is 3.87. The van der Waals surface area contributed by atoms with Gasteiger partial charge in [-0.1, -0.05) is 45.9 Å². The van der Waals surface area contributed by atoms with E-state index >= 15 is 0 Å². The molecule has 3 N–H and O–H groups in total. The SMILES string of the molecule is CC(C)c1cccc(C(C)C)c1OCC(C)(C)C(=O)NN. The van der Waals surface area contributed by atoms with Gasteiger partial charge in [-0.2, -0.15) is 0 Å². The van der Waals surface area contributed by atoms with Gasteiger partial charge in [-0.3, -0.25) is 10.2 Å². The van der Waals surface area contributed by atoms with Crippen molar-refractivity contribution in [3.63, 3.8) is 0 Å². The lowest BCUT2D eigenvalue weighted by atomic mass is 9.92. The molecular weight excluding hydrogens is 264 g/mol. The Morgan fingerprint density at radius 2 is 1.67 bits per heavy atom. The molecule has 0 unspecified atom stereocenters. The number of carbonyl (C=O) groups excluding carboxylic acids is 1. The number of hydrazine groups is 1. The van der Waals surface area contributed by atoms with Crippen LogP contribution in [0, 0.1) is 5.41 Å². The number of hydrogen-bond acceptors (Lipinski definition) is 3. The van der Waals surface area contributed by atoms with Crippen LogP contribution in [0.4, 0.5) is 0 Å². The Morgan fingerprint density at radius 3 is 2.05 bits per heavy atom. The molecule has 0 saturated carbocycles. The van der Waals surface area contributed by atoms with E-state index in [-0.39, 0.29) is 5.91 Å². The van der Waals surface area contributed by atoms with Crippen molar-refractivity contribution in [1.29, 1.82) is 0 Å². The Morgan fingerprint density at radius 1 is 1.19 bits per heavy atom. The average molecular weight is 292 g/mol. The maximum absolute atomic E-state index is 11.8. The second kappa shape index (κ2) is 6.94. The van der Waals surface area contributed by atoms with Crippen LogP contribution in [0.1, 0.15) is 64.5 Å². The Bertz CT molecular complexity index is 467. The van der Waals surface area contributed by atoms with Gasteiger partial charge in [0, 0.05) is 0 Å². The summed E-state index contributed by atoms with van der Waals surface area (Å²) >= 11 is 0. The first-order valence-corrected chi connectivity index (χ1v) is 7.47. The van der Waals surface area contributed by atoms with Crippen LogP contribution in [0.5, 0.6) is 5.75 Å². The van der Waals surface area contributed by atoms with Crippen molar-refractivity contribution < 1.29 is 9.53 Å². The van der Waals surface area contributed by atoms with Gasteiger partial charge >= 0.3 is 0 Å². The molecule has 0 aromatic heterocycles. The summed E-state index contributed by atoms with van der Waals surface area (Å²) in [5.74, 6) is 6.64. The molecule has 1 aromatic rings. The van der Waals surface area contributed by atoms with Gasteiger partial charge < -0.3 is 4.74 Å². The molecule has 0 radical (unpaired) electrons. The van der Waals surface area contributed by atoms with Crippen LogP contribution in [0.15, 0.2) is 18.2 Å². The van der Waals surface area contributed by atoms with Crippen molar-refractivity contribution in [2.24, 2.45) is 11.3 Å². The van der Waals surface area contributed by atoms with Crippen molar-refractivity contribution in [1.82, 2.24) is 5.43 Å². The molecule has 4 nitrogen and oxygen atoms in total. The molecular formula is C17H28N2O2. The molecule has 0 bridgehead atoms. The fraction of sp³-hybridized carbons (Fsp3) is 0.588. The fourth-order valence-corrected chi connectivity index (χ4v) is 2.16. The van der Waals surface area contributed by atoms with Gasteiger partial charge in [-0.05, 0) is 36.8 Å². The summed E-state index contributed by atoms with van der Waals surface area (Å²) in [6, 6.07) is 6.24. The fourth-order valence-electron chi connectivity index (χ4n) is 2.16. The first-order chi connectivity index (χ1) is 9.70. The molecule has 118 valence electrons. The highest BCUT2D eigenvalue weighted by Gasteiger charge is 2.29. The number of nitrogens with one attached hydrogen (secondary N) is 1. The number of benzene rings is 1. The van der Waals surface area contributed by atoms with E-state index in [0.29, 0.717) is 18.4 Å². The third-order valence-electron chi connectivity index (χ3n) is 3.64. The van der Waals surface area contributed by atoms with Crippen molar-refractivity contribution >= 4 is 5.91 Å². The zero-order valence-corrected chi connectivity index (χ0v) is 14.0. The van der Waals surface area contributed by atoms with Gasteiger partial charge in [0.05, 0.1) is 5.41 Å². The standard InChI is InChI=1S/C17H28N2O2/c1-11(2)13-8-7-9-14(12(3)4)15(13)21-10-17(5,6)16(20)19-18/h7-9,11-12H,10,18H2,1-6H3,(H,19,20). The van der Waals surface area contributed by atoms with E-state index in [0.717, 1.165) is 5.75 Å². The van der Waals surface area contributed by atoms with Crippen molar-refractivity contribution in [3.05, 3.63) is 29.3 Å². The van der Waals surface area contributed by atoms with Crippen LogP contribution < -0.4 is 16.0 Å². The van der Waals surface area contributed by atoms with E-state index in [9.17, 15) is 4.79 Å². The van der Waals surface area contributed by atoms with Gasteiger partial charge in [-0.25, -0.2) is 5.84 Å². The average Bonchev–Trinajstić information content (AvgIpc) is 2.43. The van der Waals surface area contributed by atoms with Crippen LogP contribution in [-0.4, -0.2) is 12.5 Å². The summed E-state index contributed by atoms with van der Waals surface area (Å²) < 4.78 is 6.06. The maximum atomic E-state index is 11.8. The molecule has 0 aliphatic carbocycles. The number of nitrogens with two attached hydrogens (primary N) is 1. The van der Waals surface area contributed by atoms with Crippen LogP contribution in [-0.2, 0) is 4.79 Å². The van der Waals surface area contributed by atoms with E-state index in [1.165, 1.54) is 11.1 Å². The van der Waals surface area contributed by atoms with Crippen LogP contribution >= 0.6 is 0 Å². The normalized spacial score (nSPS) is 11.9. The predicted octanol–water partition coefficient (Wildman–Crippen LogP) is 3.33. The number of amides is 1. The lowest BCUT2D eigenvalue weighted by molar-refractivity contribution is -0.130. The van der Waals surface area contributed by atoms with E-state index < -0.39 is 5.41 Å². The zero-order valence-electron chi connectivity index (χ0n) is 14.0. The summed E-state index contributed by atoms with van der Waals surface area (Å²) in [6.07, 6.45) is 0. The Labute approximate surface area is 128 Å².